The fraction of sp³-hybridized carbons (Fsp3) is 0.400. The first kappa shape index (κ1) is 13.7. The van der Waals surface area contributed by atoms with E-state index in [0.29, 0.717) is 0 Å². The molecule has 0 aliphatic rings. The summed E-state index contributed by atoms with van der Waals surface area (Å²) in [5, 5.41) is 29.8. The monoisotopic (exact) mass is 260 g/mol. The number of rotatable bonds is 5. The number of carbonyl (C=O) groups is 1. The first-order valence-electron chi connectivity index (χ1n) is 4.80. The van der Waals surface area contributed by atoms with E-state index in [4.69, 9.17) is 26.9 Å². The van der Waals surface area contributed by atoms with Crippen LogP contribution in [-0.2, 0) is 0 Å². The standard InChI is InChI=1S/C10H13ClN2O4/c1-10(4-14,5-15)13-8-7(11)2-6(3-12-8)9(16)17/h2-3,14-15H,4-5H2,1H3,(H,12,13)(H,16,17). The lowest BCUT2D eigenvalue weighted by Crippen LogP contribution is -2.42. The van der Waals surface area contributed by atoms with E-state index in [1.54, 1.807) is 6.92 Å². The van der Waals surface area contributed by atoms with Gasteiger partial charge in [0.25, 0.3) is 0 Å². The molecule has 4 N–H and O–H groups in total. The second kappa shape index (κ2) is 5.31. The first-order chi connectivity index (χ1) is 7.91. The summed E-state index contributed by atoms with van der Waals surface area (Å²) in [6, 6.07) is 1.24. The fourth-order valence-corrected chi connectivity index (χ4v) is 1.28. The SMILES string of the molecule is CC(CO)(CO)Nc1ncc(C(=O)O)cc1Cl. The number of aromatic nitrogens is 1. The highest BCUT2D eigenvalue weighted by Crippen LogP contribution is 2.23. The molecule has 0 saturated heterocycles. The fourth-order valence-electron chi connectivity index (χ4n) is 1.06. The van der Waals surface area contributed by atoms with E-state index >= 15 is 0 Å². The van der Waals surface area contributed by atoms with Crippen LogP contribution in [0.15, 0.2) is 12.3 Å². The number of anilines is 1. The molecule has 94 valence electrons. The summed E-state index contributed by atoms with van der Waals surface area (Å²) in [4.78, 5) is 14.5. The number of nitrogens with one attached hydrogen (secondary N) is 1. The van der Waals surface area contributed by atoms with Gasteiger partial charge in [0.2, 0.25) is 0 Å². The quantitative estimate of drug-likeness (QED) is 0.618. The summed E-state index contributed by atoms with van der Waals surface area (Å²) in [5.74, 6) is -0.916. The lowest BCUT2D eigenvalue weighted by atomic mass is 10.1. The van der Waals surface area contributed by atoms with Gasteiger partial charge >= 0.3 is 5.97 Å². The number of aliphatic hydroxyl groups excluding tert-OH is 2. The van der Waals surface area contributed by atoms with Crippen molar-refractivity contribution in [2.24, 2.45) is 0 Å². The van der Waals surface area contributed by atoms with E-state index in [9.17, 15) is 4.79 Å². The highest BCUT2D eigenvalue weighted by molar-refractivity contribution is 6.33. The number of pyridine rings is 1. The third-order valence-electron chi connectivity index (χ3n) is 2.21. The molecule has 0 amide bonds. The molecule has 7 heteroatoms. The lowest BCUT2D eigenvalue weighted by Gasteiger charge is -2.27. The van der Waals surface area contributed by atoms with Crippen LogP contribution >= 0.6 is 11.6 Å². The van der Waals surface area contributed by atoms with Crippen LogP contribution in [0.4, 0.5) is 5.82 Å². The van der Waals surface area contributed by atoms with Gasteiger partial charge in [-0.15, -0.1) is 0 Å². The Bertz CT molecular complexity index is 421. The Balaban J connectivity index is 2.97. The largest absolute Gasteiger partial charge is 0.478 e. The summed E-state index contributed by atoms with van der Waals surface area (Å²) in [6.45, 7) is 0.945. The van der Waals surface area contributed by atoms with Crippen molar-refractivity contribution < 1.29 is 20.1 Å². The molecule has 1 aromatic heterocycles. The number of carboxylic acid groups (broad SMARTS) is 1. The van der Waals surface area contributed by atoms with Gasteiger partial charge in [-0.2, -0.15) is 0 Å². The number of hydrogen-bond acceptors (Lipinski definition) is 5. The third kappa shape index (κ3) is 3.29. The van der Waals surface area contributed by atoms with E-state index in [1.807, 2.05) is 0 Å². The molecular weight excluding hydrogens is 248 g/mol. The molecule has 0 aliphatic heterocycles. The lowest BCUT2D eigenvalue weighted by molar-refractivity contribution is 0.0696. The predicted octanol–water partition coefficient (Wildman–Crippen LogP) is 0.588. The van der Waals surface area contributed by atoms with Crippen LogP contribution < -0.4 is 5.32 Å². The molecule has 1 heterocycles. The maximum Gasteiger partial charge on any atom is 0.337 e. The van der Waals surface area contributed by atoms with Crippen molar-refractivity contribution in [3.63, 3.8) is 0 Å². The van der Waals surface area contributed by atoms with Gasteiger partial charge in [0.15, 0.2) is 0 Å². The van der Waals surface area contributed by atoms with Crippen LogP contribution in [0.2, 0.25) is 5.02 Å². The number of nitrogens with zero attached hydrogens (tertiary/aromatic N) is 1. The summed E-state index contributed by atoms with van der Waals surface area (Å²) >= 11 is 5.84. The van der Waals surface area contributed by atoms with E-state index in [-0.39, 0.29) is 29.6 Å². The summed E-state index contributed by atoms with van der Waals surface area (Å²) in [5.41, 5.74) is -1.00. The van der Waals surface area contributed by atoms with E-state index < -0.39 is 11.5 Å². The Hall–Kier alpha value is -1.37. The minimum Gasteiger partial charge on any atom is -0.478 e. The Morgan fingerprint density at radius 1 is 1.53 bits per heavy atom. The van der Waals surface area contributed by atoms with Gasteiger partial charge in [-0.3, -0.25) is 0 Å². The highest BCUT2D eigenvalue weighted by atomic mass is 35.5. The van der Waals surface area contributed by atoms with Crippen LogP contribution in [0.1, 0.15) is 17.3 Å². The number of aromatic carboxylic acids is 1. The van der Waals surface area contributed by atoms with Crippen molar-refractivity contribution in [2.45, 2.75) is 12.5 Å². The smallest absolute Gasteiger partial charge is 0.337 e. The topological polar surface area (TPSA) is 103 Å². The van der Waals surface area contributed by atoms with Crippen LogP contribution in [0.3, 0.4) is 0 Å². The van der Waals surface area contributed by atoms with Crippen LogP contribution in [-0.4, -0.2) is 45.0 Å². The van der Waals surface area contributed by atoms with Gasteiger partial charge in [-0.1, -0.05) is 11.6 Å². The van der Waals surface area contributed by atoms with Gasteiger partial charge in [-0.25, -0.2) is 9.78 Å². The molecule has 17 heavy (non-hydrogen) atoms. The van der Waals surface area contributed by atoms with Gasteiger partial charge in [0.1, 0.15) is 5.82 Å². The second-order valence-corrected chi connectivity index (χ2v) is 4.27. The van der Waals surface area contributed by atoms with Crippen molar-refractivity contribution in [3.05, 3.63) is 22.8 Å². The van der Waals surface area contributed by atoms with Crippen molar-refractivity contribution in [2.75, 3.05) is 18.5 Å². The van der Waals surface area contributed by atoms with Crippen LogP contribution in [0, 0.1) is 0 Å². The molecule has 0 unspecified atom stereocenters. The maximum absolute atomic E-state index is 10.7. The summed E-state index contributed by atoms with van der Waals surface area (Å²) in [6.07, 6.45) is 1.14. The predicted molar refractivity (Wildman–Crippen MR) is 62.4 cm³/mol. The van der Waals surface area contributed by atoms with Crippen molar-refractivity contribution in [1.29, 1.82) is 0 Å². The molecule has 0 spiro atoms. The normalized spacial score (nSPS) is 11.3. The first-order valence-corrected chi connectivity index (χ1v) is 5.18. The minimum atomic E-state index is -1.13. The molecule has 0 saturated carbocycles. The minimum absolute atomic E-state index is 0.0322. The molecule has 0 radical (unpaired) electrons. The zero-order valence-corrected chi connectivity index (χ0v) is 9.90. The average Bonchev–Trinajstić information content (AvgIpc) is 2.31. The molecule has 0 aliphatic carbocycles. The number of aliphatic hydroxyl groups is 2. The highest BCUT2D eigenvalue weighted by Gasteiger charge is 2.23. The molecule has 0 bridgehead atoms. The molecular formula is C10H13ClN2O4. The van der Waals surface area contributed by atoms with Crippen molar-refractivity contribution in [3.8, 4) is 0 Å². The maximum atomic E-state index is 10.7. The van der Waals surface area contributed by atoms with Crippen molar-refractivity contribution >= 4 is 23.4 Å². The number of hydrogen-bond donors (Lipinski definition) is 4. The zero-order valence-electron chi connectivity index (χ0n) is 9.14. The van der Waals surface area contributed by atoms with Gasteiger partial charge in [0.05, 0.1) is 29.3 Å². The van der Waals surface area contributed by atoms with E-state index in [2.05, 4.69) is 10.3 Å². The average molecular weight is 261 g/mol. The Labute approximate surface area is 103 Å². The summed E-state index contributed by atoms with van der Waals surface area (Å²) < 4.78 is 0. The molecule has 1 rings (SSSR count). The second-order valence-electron chi connectivity index (χ2n) is 3.86. The Morgan fingerprint density at radius 3 is 2.53 bits per heavy atom. The van der Waals surface area contributed by atoms with E-state index in [1.165, 1.54) is 6.07 Å². The third-order valence-corrected chi connectivity index (χ3v) is 2.49. The van der Waals surface area contributed by atoms with Crippen LogP contribution in [0.25, 0.3) is 0 Å². The van der Waals surface area contributed by atoms with Gasteiger partial charge in [0, 0.05) is 6.20 Å². The van der Waals surface area contributed by atoms with E-state index in [0.717, 1.165) is 6.20 Å². The van der Waals surface area contributed by atoms with Crippen molar-refractivity contribution in [1.82, 2.24) is 4.98 Å². The zero-order chi connectivity index (χ0) is 13.1. The molecule has 1 aromatic rings. The molecule has 6 nitrogen and oxygen atoms in total. The number of halogens is 1. The molecule has 0 fully saturated rings. The van der Waals surface area contributed by atoms with Gasteiger partial charge < -0.3 is 20.6 Å². The summed E-state index contributed by atoms with van der Waals surface area (Å²) in [7, 11) is 0. The van der Waals surface area contributed by atoms with Crippen LogP contribution in [0.5, 0.6) is 0 Å². The molecule has 0 aromatic carbocycles. The number of carboxylic acids is 1. The Kier molecular flexibility index (Phi) is 4.28. The Morgan fingerprint density at radius 2 is 2.12 bits per heavy atom. The molecule has 0 atom stereocenters. The van der Waals surface area contributed by atoms with Gasteiger partial charge in [-0.05, 0) is 13.0 Å².